The lowest BCUT2D eigenvalue weighted by Gasteiger charge is -2.15. The van der Waals surface area contributed by atoms with E-state index < -0.39 is 0 Å². The molecular formula is C12H20ClN3. The number of halogens is 1. The van der Waals surface area contributed by atoms with Crippen LogP contribution in [-0.4, -0.2) is 16.5 Å². The summed E-state index contributed by atoms with van der Waals surface area (Å²) in [5.41, 5.74) is 0. The Labute approximate surface area is 103 Å². The molecule has 0 saturated heterocycles. The van der Waals surface area contributed by atoms with E-state index >= 15 is 0 Å². The maximum atomic E-state index is 5.79. The van der Waals surface area contributed by atoms with E-state index in [2.05, 4.69) is 29.1 Å². The molecule has 1 atom stereocenters. The van der Waals surface area contributed by atoms with Gasteiger partial charge in [0.15, 0.2) is 0 Å². The number of nitrogens with zero attached hydrogens (tertiary/aromatic N) is 2. The van der Waals surface area contributed by atoms with E-state index in [9.17, 15) is 0 Å². The van der Waals surface area contributed by atoms with Crippen LogP contribution in [0, 0.1) is 5.92 Å². The van der Waals surface area contributed by atoms with E-state index in [0.29, 0.717) is 11.1 Å². The lowest BCUT2D eigenvalue weighted by atomic mass is 9.99. The molecule has 1 unspecified atom stereocenters. The average Bonchev–Trinajstić information content (AvgIpc) is 2.29. The van der Waals surface area contributed by atoms with Crippen molar-refractivity contribution in [1.29, 1.82) is 0 Å². The largest absolute Gasteiger partial charge is 0.370 e. The molecule has 0 aliphatic carbocycles. The number of hydrogen-bond donors (Lipinski definition) is 1. The van der Waals surface area contributed by atoms with Gasteiger partial charge in [0.1, 0.15) is 17.3 Å². The summed E-state index contributed by atoms with van der Waals surface area (Å²) in [6, 6.07) is 1.76. The number of unbranched alkanes of at least 4 members (excludes halogenated alkanes) is 1. The Morgan fingerprint density at radius 1 is 1.38 bits per heavy atom. The fraction of sp³-hybridized carbons (Fsp3) is 0.667. The van der Waals surface area contributed by atoms with E-state index in [1.54, 1.807) is 6.07 Å². The summed E-state index contributed by atoms with van der Waals surface area (Å²) in [7, 11) is 0. The van der Waals surface area contributed by atoms with E-state index in [4.69, 9.17) is 11.6 Å². The summed E-state index contributed by atoms with van der Waals surface area (Å²) in [6.45, 7) is 5.42. The van der Waals surface area contributed by atoms with Gasteiger partial charge in [0.25, 0.3) is 0 Å². The standard InChI is InChI=1S/C12H20ClN3/c1-3-5-6-10(4-2)8-14-12-7-11(13)15-9-16-12/h7,9-10H,3-6,8H2,1-2H3,(H,14,15,16). The molecule has 0 fully saturated rings. The smallest absolute Gasteiger partial charge is 0.134 e. The summed E-state index contributed by atoms with van der Waals surface area (Å²) in [5, 5.41) is 3.80. The highest BCUT2D eigenvalue weighted by atomic mass is 35.5. The van der Waals surface area contributed by atoms with Crippen LogP contribution in [0.15, 0.2) is 12.4 Å². The monoisotopic (exact) mass is 241 g/mol. The quantitative estimate of drug-likeness (QED) is 0.739. The van der Waals surface area contributed by atoms with Crippen molar-refractivity contribution >= 4 is 17.4 Å². The van der Waals surface area contributed by atoms with Crippen LogP contribution >= 0.6 is 11.6 Å². The SMILES string of the molecule is CCCCC(CC)CNc1cc(Cl)ncn1. The zero-order chi connectivity index (χ0) is 11.8. The molecule has 16 heavy (non-hydrogen) atoms. The zero-order valence-electron chi connectivity index (χ0n) is 10.0. The number of nitrogens with one attached hydrogen (secondary N) is 1. The summed E-state index contributed by atoms with van der Waals surface area (Å²) in [4.78, 5) is 7.97. The van der Waals surface area contributed by atoms with Crippen molar-refractivity contribution < 1.29 is 0 Å². The predicted molar refractivity (Wildman–Crippen MR) is 68.8 cm³/mol. The van der Waals surface area contributed by atoms with E-state index in [1.165, 1.54) is 32.0 Å². The summed E-state index contributed by atoms with van der Waals surface area (Å²) in [5.74, 6) is 1.53. The fourth-order valence-electron chi connectivity index (χ4n) is 1.62. The molecule has 0 saturated carbocycles. The van der Waals surface area contributed by atoms with Gasteiger partial charge in [0.05, 0.1) is 0 Å². The van der Waals surface area contributed by atoms with E-state index in [0.717, 1.165) is 12.4 Å². The van der Waals surface area contributed by atoms with Crippen LogP contribution in [0.25, 0.3) is 0 Å². The zero-order valence-corrected chi connectivity index (χ0v) is 10.8. The van der Waals surface area contributed by atoms with Crippen molar-refractivity contribution in [2.24, 2.45) is 5.92 Å². The predicted octanol–water partition coefficient (Wildman–Crippen LogP) is 3.76. The summed E-state index contributed by atoms with van der Waals surface area (Å²) < 4.78 is 0. The van der Waals surface area contributed by atoms with Crippen LogP contribution < -0.4 is 5.32 Å². The minimum absolute atomic E-state index is 0.485. The molecule has 0 amide bonds. The second kappa shape index (κ2) is 7.44. The van der Waals surface area contributed by atoms with Gasteiger partial charge in [-0.1, -0.05) is 44.7 Å². The molecule has 3 nitrogen and oxygen atoms in total. The van der Waals surface area contributed by atoms with Gasteiger partial charge < -0.3 is 5.32 Å². The molecule has 4 heteroatoms. The Morgan fingerprint density at radius 2 is 2.19 bits per heavy atom. The molecule has 0 aromatic carbocycles. The number of aromatic nitrogens is 2. The van der Waals surface area contributed by atoms with Crippen LogP contribution in [0.2, 0.25) is 5.15 Å². The Morgan fingerprint density at radius 3 is 2.81 bits per heavy atom. The minimum atomic E-state index is 0.485. The summed E-state index contributed by atoms with van der Waals surface area (Å²) >= 11 is 5.79. The Hall–Kier alpha value is -0.830. The van der Waals surface area contributed by atoms with Gasteiger partial charge in [-0.25, -0.2) is 9.97 Å². The topological polar surface area (TPSA) is 37.8 Å². The molecular weight excluding hydrogens is 222 g/mol. The normalized spacial score (nSPS) is 12.4. The molecule has 1 aromatic heterocycles. The lowest BCUT2D eigenvalue weighted by Crippen LogP contribution is -2.14. The van der Waals surface area contributed by atoms with Crippen LogP contribution in [0.4, 0.5) is 5.82 Å². The van der Waals surface area contributed by atoms with Crippen molar-refractivity contribution in [2.45, 2.75) is 39.5 Å². The number of hydrogen-bond acceptors (Lipinski definition) is 3. The molecule has 0 radical (unpaired) electrons. The number of anilines is 1. The van der Waals surface area contributed by atoms with Crippen molar-refractivity contribution in [1.82, 2.24) is 9.97 Å². The first-order chi connectivity index (χ1) is 7.76. The van der Waals surface area contributed by atoms with Crippen LogP contribution in [0.3, 0.4) is 0 Å². The molecule has 1 N–H and O–H groups in total. The third kappa shape index (κ3) is 4.79. The highest BCUT2D eigenvalue weighted by Crippen LogP contribution is 2.14. The van der Waals surface area contributed by atoms with Gasteiger partial charge in [-0.2, -0.15) is 0 Å². The van der Waals surface area contributed by atoms with Crippen molar-refractivity contribution in [3.63, 3.8) is 0 Å². The Kier molecular flexibility index (Phi) is 6.16. The second-order valence-corrected chi connectivity index (χ2v) is 4.41. The van der Waals surface area contributed by atoms with Gasteiger partial charge in [-0.15, -0.1) is 0 Å². The van der Waals surface area contributed by atoms with Crippen LogP contribution in [-0.2, 0) is 0 Å². The minimum Gasteiger partial charge on any atom is -0.370 e. The molecule has 0 aliphatic rings. The summed E-state index contributed by atoms with van der Waals surface area (Å²) in [6.07, 6.45) is 6.52. The molecule has 0 bridgehead atoms. The van der Waals surface area contributed by atoms with Crippen LogP contribution in [0.5, 0.6) is 0 Å². The van der Waals surface area contributed by atoms with Gasteiger partial charge in [-0.3, -0.25) is 0 Å². The Balaban J connectivity index is 2.37. The molecule has 1 aromatic rings. The average molecular weight is 242 g/mol. The fourth-order valence-corrected chi connectivity index (χ4v) is 1.77. The molecule has 0 spiro atoms. The highest BCUT2D eigenvalue weighted by molar-refractivity contribution is 6.29. The van der Waals surface area contributed by atoms with Gasteiger partial charge in [-0.05, 0) is 12.3 Å². The first-order valence-corrected chi connectivity index (χ1v) is 6.35. The van der Waals surface area contributed by atoms with E-state index in [1.807, 2.05) is 0 Å². The van der Waals surface area contributed by atoms with Gasteiger partial charge in [0.2, 0.25) is 0 Å². The van der Waals surface area contributed by atoms with Crippen LogP contribution in [0.1, 0.15) is 39.5 Å². The van der Waals surface area contributed by atoms with Gasteiger partial charge in [0, 0.05) is 12.6 Å². The maximum absolute atomic E-state index is 5.79. The van der Waals surface area contributed by atoms with Crippen molar-refractivity contribution in [3.05, 3.63) is 17.5 Å². The molecule has 0 aliphatic heterocycles. The molecule has 90 valence electrons. The number of rotatable bonds is 7. The third-order valence-electron chi connectivity index (χ3n) is 2.75. The van der Waals surface area contributed by atoms with Crippen molar-refractivity contribution in [2.75, 3.05) is 11.9 Å². The molecule has 1 rings (SSSR count). The third-order valence-corrected chi connectivity index (χ3v) is 2.96. The highest BCUT2D eigenvalue weighted by Gasteiger charge is 2.05. The van der Waals surface area contributed by atoms with E-state index in [-0.39, 0.29) is 0 Å². The first kappa shape index (κ1) is 13.2. The second-order valence-electron chi connectivity index (χ2n) is 4.02. The van der Waals surface area contributed by atoms with Gasteiger partial charge >= 0.3 is 0 Å². The first-order valence-electron chi connectivity index (χ1n) is 5.97. The molecule has 1 heterocycles. The van der Waals surface area contributed by atoms with Crippen molar-refractivity contribution in [3.8, 4) is 0 Å². The lowest BCUT2D eigenvalue weighted by molar-refractivity contribution is 0.472. The maximum Gasteiger partial charge on any atom is 0.134 e. The Bertz CT molecular complexity index is 304.